The molecule has 4 nitrogen and oxygen atoms in total. The number of sulfone groups is 1. The van der Waals surface area contributed by atoms with Crippen molar-refractivity contribution in [2.45, 2.75) is 13.5 Å². The molecule has 5 heteroatoms. The largest absolute Gasteiger partial charge is 0.493 e. The highest BCUT2D eigenvalue weighted by Gasteiger charge is 2.07. The second-order valence-electron chi connectivity index (χ2n) is 3.44. The van der Waals surface area contributed by atoms with Crippen molar-refractivity contribution in [2.75, 3.05) is 18.1 Å². The van der Waals surface area contributed by atoms with Crippen LogP contribution in [0.1, 0.15) is 12.5 Å². The van der Waals surface area contributed by atoms with E-state index in [9.17, 15) is 8.42 Å². The monoisotopic (exact) mass is 243 g/mol. The summed E-state index contributed by atoms with van der Waals surface area (Å²) in [6, 6.07) is 7.35. The lowest BCUT2D eigenvalue weighted by Crippen LogP contribution is -2.15. The molecule has 0 saturated carbocycles. The van der Waals surface area contributed by atoms with Crippen LogP contribution < -0.4 is 10.5 Å². The summed E-state index contributed by atoms with van der Waals surface area (Å²) in [5, 5.41) is 0. The first-order valence-corrected chi connectivity index (χ1v) is 7.02. The molecule has 0 aliphatic heterocycles. The quantitative estimate of drug-likeness (QED) is 0.808. The third-order valence-corrected chi connectivity index (χ3v) is 3.91. The summed E-state index contributed by atoms with van der Waals surface area (Å²) >= 11 is 0. The summed E-state index contributed by atoms with van der Waals surface area (Å²) in [6.45, 7) is 2.26. The van der Waals surface area contributed by atoms with Gasteiger partial charge < -0.3 is 10.5 Å². The zero-order valence-corrected chi connectivity index (χ0v) is 10.2. The maximum Gasteiger partial charge on any atom is 0.153 e. The summed E-state index contributed by atoms with van der Waals surface area (Å²) in [5.74, 6) is 0.865. The zero-order valence-electron chi connectivity index (χ0n) is 9.35. The van der Waals surface area contributed by atoms with E-state index in [0.29, 0.717) is 12.3 Å². The molecule has 1 aromatic carbocycles. The molecular formula is C11H17NO3S. The van der Waals surface area contributed by atoms with Crippen LogP contribution in [0.4, 0.5) is 0 Å². The van der Waals surface area contributed by atoms with Crippen LogP contribution in [0, 0.1) is 0 Å². The molecule has 0 aromatic heterocycles. The molecule has 0 atom stereocenters. The molecule has 1 aromatic rings. The normalized spacial score (nSPS) is 11.4. The van der Waals surface area contributed by atoms with Crippen LogP contribution in [0.25, 0.3) is 0 Å². The Bertz CT molecular complexity index is 429. The Kier molecular flexibility index (Phi) is 4.76. The molecule has 0 spiro atoms. The van der Waals surface area contributed by atoms with Gasteiger partial charge in [-0.2, -0.15) is 0 Å². The molecule has 0 unspecified atom stereocenters. The smallest absolute Gasteiger partial charge is 0.153 e. The highest BCUT2D eigenvalue weighted by Crippen LogP contribution is 2.12. The maximum absolute atomic E-state index is 11.2. The fourth-order valence-electron chi connectivity index (χ4n) is 1.19. The molecule has 0 fully saturated rings. The Morgan fingerprint density at radius 1 is 1.38 bits per heavy atom. The van der Waals surface area contributed by atoms with Crippen LogP contribution in [-0.4, -0.2) is 26.5 Å². The van der Waals surface area contributed by atoms with Gasteiger partial charge >= 0.3 is 0 Å². The van der Waals surface area contributed by atoms with E-state index < -0.39 is 9.84 Å². The standard InChI is InChI=1S/C11H17NO3S/c1-2-16(13,14)7-6-15-11-5-3-4-10(8-11)9-12/h3-5,8H,2,6-7,9,12H2,1H3. The van der Waals surface area contributed by atoms with Crippen LogP contribution in [0.3, 0.4) is 0 Å². The Morgan fingerprint density at radius 3 is 2.75 bits per heavy atom. The fraction of sp³-hybridized carbons (Fsp3) is 0.455. The van der Waals surface area contributed by atoms with E-state index in [0.717, 1.165) is 5.56 Å². The summed E-state index contributed by atoms with van der Waals surface area (Å²) in [6.07, 6.45) is 0. The van der Waals surface area contributed by atoms with Crippen molar-refractivity contribution in [1.82, 2.24) is 0 Å². The van der Waals surface area contributed by atoms with Gasteiger partial charge in [0.05, 0.1) is 5.75 Å². The Hall–Kier alpha value is -1.07. The minimum absolute atomic E-state index is 0.0519. The molecule has 0 saturated heterocycles. The minimum Gasteiger partial charge on any atom is -0.493 e. The average Bonchev–Trinajstić information content (AvgIpc) is 2.29. The van der Waals surface area contributed by atoms with E-state index in [1.165, 1.54) is 0 Å². The van der Waals surface area contributed by atoms with Crippen molar-refractivity contribution in [1.29, 1.82) is 0 Å². The number of benzene rings is 1. The number of rotatable bonds is 6. The second kappa shape index (κ2) is 5.86. The summed E-state index contributed by atoms with van der Waals surface area (Å²) < 4.78 is 27.8. The van der Waals surface area contributed by atoms with Crippen LogP contribution in [0.2, 0.25) is 0 Å². The highest BCUT2D eigenvalue weighted by molar-refractivity contribution is 7.91. The van der Waals surface area contributed by atoms with E-state index >= 15 is 0 Å². The first kappa shape index (κ1) is 13.0. The number of hydrogen-bond donors (Lipinski definition) is 1. The summed E-state index contributed by atoms with van der Waals surface area (Å²) in [7, 11) is -2.96. The van der Waals surface area contributed by atoms with E-state index in [2.05, 4.69) is 0 Å². The van der Waals surface area contributed by atoms with Crippen LogP contribution in [-0.2, 0) is 16.4 Å². The Labute approximate surface area is 96.3 Å². The second-order valence-corrected chi connectivity index (χ2v) is 5.91. The van der Waals surface area contributed by atoms with Gasteiger partial charge in [0.25, 0.3) is 0 Å². The molecule has 0 radical (unpaired) electrons. The van der Waals surface area contributed by atoms with Crippen LogP contribution in [0.5, 0.6) is 5.75 Å². The minimum atomic E-state index is -2.96. The first-order chi connectivity index (χ1) is 7.57. The topological polar surface area (TPSA) is 69.4 Å². The molecule has 0 bridgehead atoms. The lowest BCUT2D eigenvalue weighted by Gasteiger charge is -2.07. The van der Waals surface area contributed by atoms with Gasteiger partial charge in [-0.05, 0) is 17.7 Å². The number of hydrogen-bond acceptors (Lipinski definition) is 4. The van der Waals surface area contributed by atoms with Gasteiger partial charge in [0.2, 0.25) is 0 Å². The predicted molar refractivity (Wildman–Crippen MR) is 64.2 cm³/mol. The molecule has 0 aliphatic rings. The Balaban J connectivity index is 2.49. The van der Waals surface area contributed by atoms with Crippen LogP contribution >= 0.6 is 0 Å². The summed E-state index contributed by atoms with van der Waals surface area (Å²) in [4.78, 5) is 0. The fourth-order valence-corrected chi connectivity index (χ4v) is 1.82. The van der Waals surface area contributed by atoms with Gasteiger partial charge in [0, 0.05) is 12.3 Å². The van der Waals surface area contributed by atoms with Gasteiger partial charge in [0.1, 0.15) is 12.4 Å². The molecule has 1 rings (SSSR count). The lowest BCUT2D eigenvalue weighted by molar-refractivity contribution is 0.340. The molecule has 0 heterocycles. The lowest BCUT2D eigenvalue weighted by atomic mass is 10.2. The van der Waals surface area contributed by atoms with Crippen LogP contribution in [0.15, 0.2) is 24.3 Å². The molecule has 90 valence electrons. The van der Waals surface area contributed by atoms with Gasteiger partial charge in [-0.15, -0.1) is 0 Å². The molecular weight excluding hydrogens is 226 g/mol. The third kappa shape index (κ3) is 4.20. The SMILES string of the molecule is CCS(=O)(=O)CCOc1cccc(CN)c1. The molecule has 0 aliphatic carbocycles. The molecule has 0 amide bonds. The van der Waals surface area contributed by atoms with Gasteiger partial charge in [0.15, 0.2) is 9.84 Å². The molecule has 2 N–H and O–H groups in total. The van der Waals surface area contributed by atoms with Gasteiger partial charge in [-0.25, -0.2) is 8.42 Å². The predicted octanol–water partition coefficient (Wildman–Crippen LogP) is 0.959. The number of nitrogens with two attached hydrogens (primary N) is 1. The average molecular weight is 243 g/mol. The van der Waals surface area contributed by atoms with Crippen molar-refractivity contribution in [3.63, 3.8) is 0 Å². The highest BCUT2D eigenvalue weighted by atomic mass is 32.2. The Morgan fingerprint density at radius 2 is 2.12 bits per heavy atom. The maximum atomic E-state index is 11.2. The summed E-state index contributed by atoms with van der Waals surface area (Å²) in [5.41, 5.74) is 6.46. The van der Waals surface area contributed by atoms with Crippen molar-refractivity contribution >= 4 is 9.84 Å². The molecule has 16 heavy (non-hydrogen) atoms. The van der Waals surface area contributed by atoms with E-state index in [1.807, 2.05) is 18.2 Å². The van der Waals surface area contributed by atoms with Crippen molar-refractivity contribution < 1.29 is 13.2 Å². The first-order valence-electron chi connectivity index (χ1n) is 5.19. The van der Waals surface area contributed by atoms with E-state index in [4.69, 9.17) is 10.5 Å². The van der Waals surface area contributed by atoms with Crippen molar-refractivity contribution in [3.8, 4) is 5.75 Å². The van der Waals surface area contributed by atoms with Crippen molar-refractivity contribution in [2.24, 2.45) is 5.73 Å². The van der Waals surface area contributed by atoms with E-state index in [1.54, 1.807) is 13.0 Å². The number of ether oxygens (including phenoxy) is 1. The third-order valence-electron chi connectivity index (χ3n) is 2.24. The van der Waals surface area contributed by atoms with Gasteiger partial charge in [-0.3, -0.25) is 0 Å². The van der Waals surface area contributed by atoms with Crippen molar-refractivity contribution in [3.05, 3.63) is 29.8 Å². The van der Waals surface area contributed by atoms with Gasteiger partial charge in [-0.1, -0.05) is 19.1 Å². The van der Waals surface area contributed by atoms with E-state index in [-0.39, 0.29) is 18.1 Å². The zero-order chi connectivity index (χ0) is 12.0.